The highest BCUT2D eigenvalue weighted by Crippen LogP contribution is 2.26. The Balaban J connectivity index is 2.12. The SMILES string of the molecule is C[C@@H]1CN(C(=O)c2ccc([N+](=O)[O-])o2)C[C@H]1C(=O)O. The van der Waals surface area contributed by atoms with Gasteiger partial charge < -0.3 is 14.4 Å². The van der Waals surface area contributed by atoms with Gasteiger partial charge in [-0.15, -0.1) is 0 Å². The number of aliphatic carboxylic acids is 1. The van der Waals surface area contributed by atoms with Crippen LogP contribution in [0.15, 0.2) is 16.5 Å². The molecule has 1 fully saturated rings. The normalized spacial score (nSPS) is 22.5. The number of amides is 1. The number of nitrogens with zero attached hydrogens (tertiary/aromatic N) is 2. The average molecular weight is 268 g/mol. The summed E-state index contributed by atoms with van der Waals surface area (Å²) in [5, 5.41) is 19.4. The Morgan fingerprint density at radius 2 is 2.16 bits per heavy atom. The summed E-state index contributed by atoms with van der Waals surface area (Å²) < 4.78 is 4.81. The van der Waals surface area contributed by atoms with Gasteiger partial charge in [0.15, 0.2) is 5.76 Å². The molecule has 8 nitrogen and oxygen atoms in total. The number of carbonyl (C=O) groups excluding carboxylic acids is 1. The van der Waals surface area contributed by atoms with Gasteiger partial charge in [-0.3, -0.25) is 19.7 Å². The third-order valence-corrected chi connectivity index (χ3v) is 3.20. The summed E-state index contributed by atoms with van der Waals surface area (Å²) in [4.78, 5) is 34.0. The Morgan fingerprint density at radius 1 is 1.47 bits per heavy atom. The first-order valence-corrected chi connectivity index (χ1v) is 5.66. The quantitative estimate of drug-likeness (QED) is 0.645. The van der Waals surface area contributed by atoms with Crippen LogP contribution in [0.5, 0.6) is 0 Å². The third-order valence-electron chi connectivity index (χ3n) is 3.20. The maximum Gasteiger partial charge on any atom is 0.433 e. The van der Waals surface area contributed by atoms with Crippen molar-refractivity contribution in [1.29, 1.82) is 0 Å². The molecule has 0 bridgehead atoms. The second-order valence-corrected chi connectivity index (χ2v) is 4.53. The van der Waals surface area contributed by atoms with Crippen molar-refractivity contribution < 1.29 is 24.0 Å². The first-order chi connectivity index (χ1) is 8.90. The fourth-order valence-corrected chi connectivity index (χ4v) is 2.15. The largest absolute Gasteiger partial charge is 0.481 e. The predicted octanol–water partition coefficient (Wildman–Crippen LogP) is 0.980. The molecule has 1 aliphatic rings. The van der Waals surface area contributed by atoms with E-state index in [1.807, 2.05) is 0 Å². The number of hydrogen-bond donors (Lipinski definition) is 1. The zero-order valence-corrected chi connectivity index (χ0v) is 10.1. The van der Waals surface area contributed by atoms with Gasteiger partial charge in [-0.25, -0.2) is 0 Å². The van der Waals surface area contributed by atoms with Crippen LogP contribution in [0.1, 0.15) is 17.5 Å². The van der Waals surface area contributed by atoms with Crippen molar-refractivity contribution in [3.05, 3.63) is 28.0 Å². The standard InChI is InChI=1S/C11H12N2O6/c1-6-4-12(5-7(6)11(15)16)10(14)8-2-3-9(19-8)13(17)18/h2-3,6-7H,4-5H2,1H3,(H,15,16)/t6-,7-/m1/s1. The summed E-state index contributed by atoms with van der Waals surface area (Å²) in [7, 11) is 0. The highest BCUT2D eigenvalue weighted by molar-refractivity contribution is 5.92. The molecular weight excluding hydrogens is 256 g/mol. The minimum absolute atomic E-state index is 0.0871. The van der Waals surface area contributed by atoms with Gasteiger partial charge in [0, 0.05) is 13.1 Å². The molecule has 2 atom stereocenters. The molecular formula is C11H12N2O6. The van der Waals surface area contributed by atoms with Crippen LogP contribution in [-0.4, -0.2) is 39.9 Å². The first-order valence-electron chi connectivity index (χ1n) is 5.66. The molecule has 1 aromatic rings. The Labute approximate surface area is 107 Å². The second-order valence-electron chi connectivity index (χ2n) is 4.53. The van der Waals surface area contributed by atoms with Gasteiger partial charge in [0.05, 0.1) is 12.0 Å². The molecule has 0 aliphatic carbocycles. The van der Waals surface area contributed by atoms with Crippen molar-refractivity contribution in [2.75, 3.05) is 13.1 Å². The van der Waals surface area contributed by atoms with Gasteiger partial charge in [0.2, 0.25) is 0 Å². The molecule has 102 valence electrons. The number of furan rings is 1. The highest BCUT2D eigenvalue weighted by Gasteiger charge is 2.38. The third kappa shape index (κ3) is 2.42. The molecule has 0 radical (unpaired) electrons. The van der Waals surface area contributed by atoms with E-state index in [1.54, 1.807) is 6.92 Å². The van der Waals surface area contributed by atoms with Crippen molar-refractivity contribution >= 4 is 17.8 Å². The van der Waals surface area contributed by atoms with Gasteiger partial charge in [-0.1, -0.05) is 6.92 Å². The summed E-state index contributed by atoms with van der Waals surface area (Å²) in [6, 6.07) is 2.32. The number of carbonyl (C=O) groups is 2. The van der Waals surface area contributed by atoms with Crippen LogP contribution in [0, 0.1) is 22.0 Å². The minimum Gasteiger partial charge on any atom is -0.481 e. The van der Waals surface area contributed by atoms with Gasteiger partial charge in [-0.2, -0.15) is 0 Å². The van der Waals surface area contributed by atoms with E-state index in [0.717, 1.165) is 6.07 Å². The van der Waals surface area contributed by atoms with Crippen LogP contribution in [0.3, 0.4) is 0 Å². The Kier molecular flexibility index (Phi) is 3.24. The lowest BCUT2D eigenvalue weighted by molar-refractivity contribution is -0.402. The van der Waals surface area contributed by atoms with Crippen LogP contribution in [-0.2, 0) is 4.79 Å². The molecule has 19 heavy (non-hydrogen) atoms. The molecule has 0 spiro atoms. The molecule has 1 saturated heterocycles. The number of carboxylic acids is 1. The number of nitro groups is 1. The monoisotopic (exact) mass is 268 g/mol. The zero-order valence-electron chi connectivity index (χ0n) is 10.1. The van der Waals surface area contributed by atoms with Gasteiger partial charge in [0.1, 0.15) is 4.92 Å². The fraction of sp³-hybridized carbons (Fsp3) is 0.455. The van der Waals surface area contributed by atoms with Crippen LogP contribution < -0.4 is 0 Å². The lowest BCUT2D eigenvalue weighted by Crippen LogP contribution is -2.29. The summed E-state index contributed by atoms with van der Waals surface area (Å²) in [5.74, 6) is -2.91. The predicted molar refractivity (Wildman–Crippen MR) is 61.6 cm³/mol. The molecule has 1 aliphatic heterocycles. The molecule has 1 aromatic heterocycles. The number of rotatable bonds is 3. The molecule has 8 heteroatoms. The van der Waals surface area contributed by atoms with Crippen LogP contribution in [0.25, 0.3) is 0 Å². The summed E-state index contributed by atoms with van der Waals surface area (Å²) >= 11 is 0. The highest BCUT2D eigenvalue weighted by atomic mass is 16.6. The van der Waals surface area contributed by atoms with E-state index in [-0.39, 0.29) is 18.2 Å². The van der Waals surface area contributed by atoms with Crippen molar-refractivity contribution in [2.45, 2.75) is 6.92 Å². The van der Waals surface area contributed by atoms with Crippen molar-refractivity contribution in [3.63, 3.8) is 0 Å². The van der Waals surface area contributed by atoms with Crippen molar-refractivity contribution in [2.24, 2.45) is 11.8 Å². The van der Waals surface area contributed by atoms with Crippen LogP contribution >= 0.6 is 0 Å². The Hall–Kier alpha value is -2.38. The molecule has 1 N–H and O–H groups in total. The Morgan fingerprint density at radius 3 is 2.63 bits per heavy atom. The van der Waals surface area contributed by atoms with E-state index in [0.29, 0.717) is 6.54 Å². The molecule has 0 saturated carbocycles. The maximum atomic E-state index is 12.0. The first kappa shape index (κ1) is 13.1. The average Bonchev–Trinajstić information content (AvgIpc) is 2.94. The molecule has 2 rings (SSSR count). The molecule has 0 aromatic carbocycles. The maximum absolute atomic E-state index is 12.0. The van der Waals surface area contributed by atoms with E-state index in [2.05, 4.69) is 0 Å². The van der Waals surface area contributed by atoms with Gasteiger partial charge >= 0.3 is 11.9 Å². The minimum atomic E-state index is -0.951. The van der Waals surface area contributed by atoms with Crippen LogP contribution in [0.4, 0.5) is 5.88 Å². The lowest BCUT2D eigenvalue weighted by atomic mass is 9.99. The Bertz CT molecular complexity index is 537. The smallest absolute Gasteiger partial charge is 0.433 e. The topological polar surface area (TPSA) is 114 Å². The van der Waals surface area contributed by atoms with Gasteiger partial charge in [-0.05, 0) is 12.0 Å². The zero-order chi connectivity index (χ0) is 14.2. The summed E-state index contributed by atoms with van der Waals surface area (Å²) in [6.45, 7) is 2.13. The van der Waals surface area contributed by atoms with E-state index in [1.165, 1.54) is 11.0 Å². The molecule has 0 unspecified atom stereocenters. The molecule has 2 heterocycles. The summed E-state index contributed by atoms with van der Waals surface area (Å²) in [6.07, 6.45) is 0. The summed E-state index contributed by atoms with van der Waals surface area (Å²) in [5.41, 5.74) is 0. The molecule has 1 amide bonds. The number of carboxylic acid groups (broad SMARTS) is 1. The van der Waals surface area contributed by atoms with E-state index >= 15 is 0 Å². The fourth-order valence-electron chi connectivity index (χ4n) is 2.15. The van der Waals surface area contributed by atoms with E-state index < -0.39 is 28.6 Å². The van der Waals surface area contributed by atoms with Crippen molar-refractivity contribution in [1.82, 2.24) is 4.90 Å². The van der Waals surface area contributed by atoms with E-state index in [9.17, 15) is 19.7 Å². The number of likely N-dealkylation sites (tertiary alicyclic amines) is 1. The van der Waals surface area contributed by atoms with Crippen molar-refractivity contribution in [3.8, 4) is 0 Å². The van der Waals surface area contributed by atoms with Gasteiger partial charge in [0.25, 0.3) is 5.91 Å². The number of hydrogen-bond acceptors (Lipinski definition) is 5. The second kappa shape index (κ2) is 4.71. The lowest BCUT2D eigenvalue weighted by Gasteiger charge is -2.13. The van der Waals surface area contributed by atoms with Crippen LogP contribution in [0.2, 0.25) is 0 Å². The van der Waals surface area contributed by atoms with E-state index in [4.69, 9.17) is 9.52 Å².